The quantitative estimate of drug-likeness (QED) is 0.474. The number of hydrogen-bond acceptors (Lipinski definition) is 3. The van der Waals surface area contributed by atoms with Gasteiger partial charge >= 0.3 is 0 Å². The predicted octanol–water partition coefficient (Wildman–Crippen LogP) is 3.74. The average molecular weight is 335 g/mol. The molecule has 128 valence electrons. The van der Waals surface area contributed by atoms with Gasteiger partial charge in [0.05, 0.1) is 5.71 Å². The third-order valence-corrected chi connectivity index (χ3v) is 4.16. The predicted molar refractivity (Wildman–Crippen MR) is 99.7 cm³/mol. The minimum absolute atomic E-state index is 0.0991. The Morgan fingerprint density at radius 1 is 1.16 bits per heavy atom. The second kappa shape index (κ2) is 7.66. The summed E-state index contributed by atoms with van der Waals surface area (Å²) in [5.41, 5.74) is 6.50. The molecule has 0 aliphatic carbocycles. The third kappa shape index (κ3) is 4.26. The lowest BCUT2D eigenvalue weighted by atomic mass is 10.1. The highest BCUT2D eigenvalue weighted by atomic mass is 16.3. The van der Waals surface area contributed by atoms with Crippen LogP contribution in [0.25, 0.3) is 10.9 Å². The van der Waals surface area contributed by atoms with Crippen LogP contribution in [0, 0.1) is 0 Å². The van der Waals surface area contributed by atoms with Crippen LogP contribution in [0.2, 0.25) is 0 Å². The number of aromatic hydroxyl groups is 1. The van der Waals surface area contributed by atoms with Crippen molar-refractivity contribution in [1.82, 2.24) is 10.4 Å². The van der Waals surface area contributed by atoms with Crippen LogP contribution in [0.3, 0.4) is 0 Å². The number of amides is 1. The molecule has 0 aliphatic heterocycles. The minimum Gasteiger partial charge on any atom is -0.508 e. The number of phenolic OH excluding ortho intramolecular Hbond substituents is 1. The van der Waals surface area contributed by atoms with Crippen LogP contribution in [-0.2, 0) is 11.2 Å². The Labute approximate surface area is 146 Å². The van der Waals surface area contributed by atoms with Gasteiger partial charge in [-0.1, -0.05) is 18.2 Å². The number of aromatic amines is 1. The molecule has 0 saturated carbocycles. The van der Waals surface area contributed by atoms with Crippen LogP contribution >= 0.6 is 0 Å². The summed E-state index contributed by atoms with van der Waals surface area (Å²) < 4.78 is 0. The van der Waals surface area contributed by atoms with Gasteiger partial charge in [0.1, 0.15) is 5.75 Å². The van der Waals surface area contributed by atoms with E-state index in [-0.39, 0.29) is 11.7 Å². The van der Waals surface area contributed by atoms with Crippen molar-refractivity contribution in [3.63, 3.8) is 0 Å². The molecule has 3 rings (SSSR count). The molecule has 1 aromatic heterocycles. The molecule has 0 atom stereocenters. The van der Waals surface area contributed by atoms with Crippen LogP contribution < -0.4 is 5.43 Å². The molecule has 5 heteroatoms. The van der Waals surface area contributed by atoms with Crippen LogP contribution in [0.4, 0.5) is 0 Å². The van der Waals surface area contributed by atoms with Crippen LogP contribution in [0.5, 0.6) is 5.75 Å². The number of hydrogen-bond donors (Lipinski definition) is 3. The molecular weight excluding hydrogens is 314 g/mol. The smallest absolute Gasteiger partial charge is 0.240 e. The standard InChI is InChI=1S/C20H21N3O2/c1-14(15-9-11-17(24)12-10-15)22-23-20(25)8-4-5-16-13-21-19-7-3-2-6-18(16)19/h2-3,6-7,9-13,21,24H,4-5,8H2,1H3,(H,23,25)/b22-14-. The molecule has 1 amide bonds. The Morgan fingerprint density at radius 3 is 2.72 bits per heavy atom. The van der Waals surface area contributed by atoms with E-state index in [1.165, 1.54) is 10.9 Å². The molecule has 1 heterocycles. The van der Waals surface area contributed by atoms with Gasteiger partial charge in [-0.25, -0.2) is 5.43 Å². The van der Waals surface area contributed by atoms with Gasteiger partial charge in [-0.05, 0) is 61.2 Å². The van der Waals surface area contributed by atoms with E-state index in [2.05, 4.69) is 21.6 Å². The first-order valence-corrected chi connectivity index (χ1v) is 8.31. The first-order chi connectivity index (χ1) is 12.1. The SMILES string of the molecule is C/C(=N/NC(=O)CCCc1c[nH]c2ccccc12)c1ccc(O)cc1. The molecule has 0 saturated heterocycles. The Morgan fingerprint density at radius 2 is 1.92 bits per heavy atom. The van der Waals surface area contributed by atoms with Gasteiger partial charge in [0.25, 0.3) is 0 Å². The van der Waals surface area contributed by atoms with Gasteiger partial charge < -0.3 is 10.1 Å². The fourth-order valence-corrected chi connectivity index (χ4v) is 2.75. The molecule has 2 aromatic carbocycles. The number of carbonyl (C=O) groups excluding carboxylic acids is 1. The lowest BCUT2D eigenvalue weighted by Gasteiger charge is -2.03. The molecule has 0 fully saturated rings. The Kier molecular flexibility index (Phi) is 5.14. The first kappa shape index (κ1) is 16.8. The van der Waals surface area contributed by atoms with Crippen molar-refractivity contribution in [3.05, 3.63) is 65.9 Å². The Balaban J connectivity index is 1.49. The molecular formula is C20H21N3O2. The Bertz CT molecular complexity index is 895. The number of phenols is 1. The number of hydrazone groups is 1. The van der Waals surface area contributed by atoms with Gasteiger partial charge in [-0.2, -0.15) is 5.10 Å². The van der Waals surface area contributed by atoms with Crippen LogP contribution in [0.1, 0.15) is 30.9 Å². The van der Waals surface area contributed by atoms with Crippen molar-refractivity contribution in [3.8, 4) is 5.75 Å². The topological polar surface area (TPSA) is 77.5 Å². The van der Waals surface area contributed by atoms with Crippen LogP contribution in [-0.4, -0.2) is 21.7 Å². The van der Waals surface area contributed by atoms with Gasteiger partial charge in [0.2, 0.25) is 5.91 Å². The second-order valence-electron chi connectivity index (χ2n) is 5.99. The van der Waals surface area contributed by atoms with E-state index >= 15 is 0 Å². The van der Waals surface area contributed by atoms with Gasteiger partial charge in [-0.3, -0.25) is 4.79 Å². The number of carbonyl (C=O) groups is 1. The number of fused-ring (bicyclic) bond motifs is 1. The summed E-state index contributed by atoms with van der Waals surface area (Å²) in [5, 5.41) is 14.6. The zero-order chi connectivity index (χ0) is 17.6. The number of H-pyrrole nitrogens is 1. The van der Waals surface area contributed by atoms with E-state index < -0.39 is 0 Å². The van der Waals surface area contributed by atoms with Gasteiger partial charge in [0.15, 0.2) is 0 Å². The Hall–Kier alpha value is -3.08. The van der Waals surface area contributed by atoms with Crippen LogP contribution in [0.15, 0.2) is 59.8 Å². The zero-order valence-electron chi connectivity index (χ0n) is 14.1. The maximum Gasteiger partial charge on any atom is 0.240 e. The highest BCUT2D eigenvalue weighted by Gasteiger charge is 2.05. The van der Waals surface area contributed by atoms with E-state index in [1.807, 2.05) is 31.3 Å². The van der Waals surface area contributed by atoms with Gasteiger partial charge in [0, 0.05) is 23.5 Å². The number of para-hydroxylation sites is 1. The monoisotopic (exact) mass is 335 g/mol. The van der Waals surface area contributed by atoms with Crippen molar-refractivity contribution in [2.45, 2.75) is 26.2 Å². The minimum atomic E-state index is -0.0991. The normalized spacial score (nSPS) is 11.6. The number of nitrogens with zero attached hydrogens (tertiary/aromatic N) is 1. The number of benzene rings is 2. The van der Waals surface area contributed by atoms with Gasteiger partial charge in [-0.15, -0.1) is 0 Å². The van der Waals surface area contributed by atoms with Crippen molar-refractivity contribution >= 4 is 22.5 Å². The van der Waals surface area contributed by atoms with Crippen molar-refractivity contribution in [2.75, 3.05) is 0 Å². The van der Waals surface area contributed by atoms with Crippen molar-refractivity contribution in [2.24, 2.45) is 5.10 Å². The fourth-order valence-electron chi connectivity index (χ4n) is 2.75. The number of aromatic nitrogens is 1. The molecule has 3 aromatic rings. The van der Waals surface area contributed by atoms with Crippen molar-refractivity contribution in [1.29, 1.82) is 0 Å². The highest BCUT2D eigenvalue weighted by molar-refractivity contribution is 5.99. The molecule has 0 unspecified atom stereocenters. The summed E-state index contributed by atoms with van der Waals surface area (Å²) in [6.07, 6.45) is 4.04. The van der Waals surface area contributed by atoms with E-state index in [4.69, 9.17) is 0 Å². The molecule has 3 N–H and O–H groups in total. The first-order valence-electron chi connectivity index (χ1n) is 8.31. The fraction of sp³-hybridized carbons (Fsp3) is 0.200. The summed E-state index contributed by atoms with van der Waals surface area (Å²) in [6.45, 7) is 1.82. The maximum absolute atomic E-state index is 12.0. The molecule has 0 aliphatic rings. The molecule has 25 heavy (non-hydrogen) atoms. The second-order valence-corrected chi connectivity index (χ2v) is 5.99. The number of aryl methyl sites for hydroxylation is 1. The van der Waals surface area contributed by atoms with E-state index in [0.717, 1.165) is 23.9 Å². The van der Waals surface area contributed by atoms with Crippen molar-refractivity contribution < 1.29 is 9.90 Å². The molecule has 5 nitrogen and oxygen atoms in total. The highest BCUT2D eigenvalue weighted by Crippen LogP contribution is 2.19. The summed E-state index contributed by atoms with van der Waals surface area (Å²) in [6, 6.07) is 14.9. The maximum atomic E-state index is 12.0. The average Bonchev–Trinajstić information content (AvgIpc) is 3.04. The third-order valence-electron chi connectivity index (χ3n) is 4.16. The van der Waals surface area contributed by atoms with E-state index in [1.54, 1.807) is 24.3 Å². The molecule has 0 radical (unpaired) electrons. The summed E-state index contributed by atoms with van der Waals surface area (Å²) in [7, 11) is 0. The largest absolute Gasteiger partial charge is 0.508 e. The van der Waals surface area contributed by atoms with E-state index in [9.17, 15) is 9.90 Å². The number of nitrogens with one attached hydrogen (secondary N) is 2. The summed E-state index contributed by atoms with van der Waals surface area (Å²) in [5.74, 6) is 0.107. The molecule has 0 spiro atoms. The molecule has 0 bridgehead atoms. The number of rotatable bonds is 6. The summed E-state index contributed by atoms with van der Waals surface area (Å²) in [4.78, 5) is 15.2. The lowest BCUT2D eigenvalue weighted by molar-refractivity contribution is -0.121. The zero-order valence-corrected chi connectivity index (χ0v) is 14.1. The lowest BCUT2D eigenvalue weighted by Crippen LogP contribution is -2.19. The van der Waals surface area contributed by atoms with E-state index in [0.29, 0.717) is 12.1 Å². The summed E-state index contributed by atoms with van der Waals surface area (Å²) >= 11 is 0.